The van der Waals surface area contributed by atoms with Crippen molar-refractivity contribution in [1.82, 2.24) is 0 Å². The SMILES string of the molecule is NC(=O)Nc1cc(S)ccc1N. The Morgan fingerprint density at radius 3 is 2.75 bits per heavy atom. The van der Waals surface area contributed by atoms with Gasteiger partial charge in [0.05, 0.1) is 11.4 Å². The quantitative estimate of drug-likeness (QED) is 0.387. The molecular formula is C7H9N3OS. The number of carbonyl (C=O) groups is 1. The number of amides is 2. The second kappa shape index (κ2) is 3.36. The lowest BCUT2D eigenvalue weighted by molar-refractivity contribution is 0.259. The zero-order valence-corrected chi connectivity index (χ0v) is 7.14. The highest BCUT2D eigenvalue weighted by molar-refractivity contribution is 7.80. The summed E-state index contributed by atoms with van der Waals surface area (Å²) in [6.45, 7) is 0. The molecule has 0 bridgehead atoms. The molecule has 0 aromatic heterocycles. The van der Waals surface area contributed by atoms with Crippen LogP contribution in [0.25, 0.3) is 0 Å². The highest BCUT2D eigenvalue weighted by Crippen LogP contribution is 2.21. The van der Waals surface area contributed by atoms with Gasteiger partial charge in [-0.25, -0.2) is 4.79 Å². The lowest BCUT2D eigenvalue weighted by atomic mass is 10.3. The van der Waals surface area contributed by atoms with Crippen molar-refractivity contribution in [3.8, 4) is 0 Å². The summed E-state index contributed by atoms with van der Waals surface area (Å²) in [6.07, 6.45) is 0. The molecule has 0 aliphatic rings. The molecule has 0 fully saturated rings. The van der Waals surface area contributed by atoms with Crippen molar-refractivity contribution in [3.63, 3.8) is 0 Å². The number of hydrogen-bond donors (Lipinski definition) is 4. The van der Waals surface area contributed by atoms with Crippen LogP contribution in [0.5, 0.6) is 0 Å². The van der Waals surface area contributed by atoms with Crippen LogP contribution in [0.15, 0.2) is 23.1 Å². The van der Waals surface area contributed by atoms with Crippen LogP contribution in [0, 0.1) is 0 Å². The second-order valence-corrected chi connectivity index (χ2v) is 2.78. The van der Waals surface area contributed by atoms with E-state index in [1.54, 1.807) is 18.2 Å². The topological polar surface area (TPSA) is 81.1 Å². The molecular weight excluding hydrogens is 174 g/mol. The van der Waals surface area contributed by atoms with Crippen molar-refractivity contribution < 1.29 is 4.79 Å². The minimum absolute atomic E-state index is 0.464. The van der Waals surface area contributed by atoms with E-state index in [2.05, 4.69) is 17.9 Å². The van der Waals surface area contributed by atoms with Crippen LogP contribution in [0.1, 0.15) is 0 Å². The van der Waals surface area contributed by atoms with E-state index in [1.807, 2.05) is 0 Å². The first-order valence-electron chi connectivity index (χ1n) is 3.24. The molecule has 4 nitrogen and oxygen atoms in total. The van der Waals surface area contributed by atoms with Crippen LogP contribution in [0.3, 0.4) is 0 Å². The van der Waals surface area contributed by atoms with E-state index >= 15 is 0 Å². The molecule has 0 heterocycles. The smallest absolute Gasteiger partial charge is 0.316 e. The Bertz CT molecular complexity index is 314. The van der Waals surface area contributed by atoms with Crippen LogP contribution in [-0.2, 0) is 0 Å². The summed E-state index contributed by atoms with van der Waals surface area (Å²) >= 11 is 4.08. The number of nitrogen functional groups attached to an aromatic ring is 1. The van der Waals surface area contributed by atoms with Crippen molar-refractivity contribution in [1.29, 1.82) is 0 Å². The maximum absolute atomic E-state index is 10.5. The van der Waals surface area contributed by atoms with Crippen molar-refractivity contribution >= 4 is 30.0 Å². The maximum Gasteiger partial charge on any atom is 0.316 e. The van der Waals surface area contributed by atoms with Crippen molar-refractivity contribution in [2.45, 2.75) is 4.90 Å². The number of nitrogens with one attached hydrogen (secondary N) is 1. The average molecular weight is 183 g/mol. The third-order valence-electron chi connectivity index (χ3n) is 1.29. The molecule has 1 aromatic rings. The fourth-order valence-corrected chi connectivity index (χ4v) is 0.989. The first-order chi connectivity index (χ1) is 5.59. The number of thiol groups is 1. The van der Waals surface area contributed by atoms with Gasteiger partial charge in [-0.05, 0) is 18.2 Å². The molecule has 0 aliphatic carbocycles. The van der Waals surface area contributed by atoms with Gasteiger partial charge in [0.15, 0.2) is 0 Å². The Kier molecular flexibility index (Phi) is 2.44. The Morgan fingerprint density at radius 1 is 1.50 bits per heavy atom. The molecule has 0 aliphatic heterocycles. The summed E-state index contributed by atoms with van der Waals surface area (Å²) in [4.78, 5) is 11.2. The summed E-state index contributed by atoms with van der Waals surface area (Å²) in [6, 6.07) is 4.36. The molecule has 1 aromatic carbocycles. The average Bonchev–Trinajstić information content (AvgIpc) is 1.96. The predicted molar refractivity (Wildman–Crippen MR) is 51.3 cm³/mol. The summed E-state index contributed by atoms with van der Waals surface area (Å²) < 4.78 is 0. The van der Waals surface area contributed by atoms with Crippen LogP contribution >= 0.6 is 12.6 Å². The largest absolute Gasteiger partial charge is 0.397 e. The molecule has 5 heteroatoms. The Morgan fingerprint density at radius 2 is 2.17 bits per heavy atom. The number of carbonyl (C=O) groups excluding carboxylic acids is 1. The van der Waals surface area contributed by atoms with Gasteiger partial charge in [-0.15, -0.1) is 12.6 Å². The number of rotatable bonds is 1. The molecule has 1 rings (SSSR count). The third kappa shape index (κ3) is 2.06. The minimum atomic E-state index is -0.638. The number of benzene rings is 1. The number of anilines is 2. The van der Waals surface area contributed by atoms with Crippen LogP contribution < -0.4 is 16.8 Å². The van der Waals surface area contributed by atoms with E-state index in [-0.39, 0.29) is 0 Å². The molecule has 2 amide bonds. The molecule has 0 atom stereocenters. The number of primary amides is 1. The third-order valence-corrected chi connectivity index (χ3v) is 1.57. The second-order valence-electron chi connectivity index (χ2n) is 2.26. The van der Waals surface area contributed by atoms with E-state index in [4.69, 9.17) is 11.5 Å². The fourth-order valence-electron chi connectivity index (χ4n) is 0.785. The highest BCUT2D eigenvalue weighted by Gasteiger charge is 2.00. The van der Waals surface area contributed by atoms with Crippen molar-refractivity contribution in [2.24, 2.45) is 5.73 Å². The van der Waals surface area contributed by atoms with Gasteiger partial charge in [0.2, 0.25) is 0 Å². The van der Waals surface area contributed by atoms with Gasteiger partial charge in [0, 0.05) is 4.90 Å². The van der Waals surface area contributed by atoms with Crippen LogP contribution in [0.4, 0.5) is 16.2 Å². The highest BCUT2D eigenvalue weighted by atomic mass is 32.1. The number of hydrogen-bond acceptors (Lipinski definition) is 3. The van der Waals surface area contributed by atoms with Gasteiger partial charge in [-0.3, -0.25) is 0 Å². The molecule has 12 heavy (non-hydrogen) atoms. The number of urea groups is 1. The van der Waals surface area contributed by atoms with Crippen molar-refractivity contribution in [3.05, 3.63) is 18.2 Å². The van der Waals surface area contributed by atoms with Gasteiger partial charge in [0.25, 0.3) is 0 Å². The zero-order valence-electron chi connectivity index (χ0n) is 6.24. The minimum Gasteiger partial charge on any atom is -0.397 e. The van der Waals surface area contributed by atoms with Gasteiger partial charge in [0.1, 0.15) is 0 Å². The molecule has 0 unspecified atom stereocenters. The first kappa shape index (κ1) is 8.73. The van der Waals surface area contributed by atoms with Crippen LogP contribution in [0.2, 0.25) is 0 Å². The summed E-state index contributed by atoms with van der Waals surface area (Å²) in [5.74, 6) is 0. The van der Waals surface area contributed by atoms with E-state index < -0.39 is 6.03 Å². The molecule has 0 saturated carbocycles. The Labute approximate surface area is 75.3 Å². The summed E-state index contributed by atoms with van der Waals surface area (Å²) in [7, 11) is 0. The van der Waals surface area contributed by atoms with Gasteiger partial charge < -0.3 is 16.8 Å². The fraction of sp³-hybridized carbons (Fsp3) is 0. The van der Waals surface area contributed by atoms with Crippen LogP contribution in [-0.4, -0.2) is 6.03 Å². The van der Waals surface area contributed by atoms with E-state index in [0.717, 1.165) is 0 Å². The first-order valence-corrected chi connectivity index (χ1v) is 3.69. The van der Waals surface area contributed by atoms with Gasteiger partial charge >= 0.3 is 6.03 Å². The molecule has 0 radical (unpaired) electrons. The van der Waals surface area contributed by atoms with Gasteiger partial charge in [-0.2, -0.15) is 0 Å². The predicted octanol–water partition coefficient (Wildman–Crippen LogP) is 1.05. The van der Waals surface area contributed by atoms with E-state index in [9.17, 15) is 4.79 Å². The maximum atomic E-state index is 10.5. The van der Waals surface area contributed by atoms with E-state index in [1.165, 1.54) is 0 Å². The molecule has 5 N–H and O–H groups in total. The normalized spacial score (nSPS) is 9.42. The Balaban J connectivity index is 2.97. The standard InChI is InChI=1S/C7H9N3OS/c8-5-2-1-4(12)3-6(5)10-7(9)11/h1-3,12H,8H2,(H3,9,10,11). The number of nitrogens with two attached hydrogens (primary N) is 2. The Hall–Kier alpha value is -1.36. The van der Waals surface area contributed by atoms with Crippen molar-refractivity contribution in [2.75, 3.05) is 11.1 Å². The molecule has 64 valence electrons. The monoisotopic (exact) mass is 183 g/mol. The zero-order chi connectivity index (χ0) is 9.14. The van der Waals surface area contributed by atoms with Gasteiger partial charge in [-0.1, -0.05) is 0 Å². The van der Waals surface area contributed by atoms with E-state index in [0.29, 0.717) is 16.3 Å². The summed E-state index contributed by atoms with van der Waals surface area (Å²) in [5.41, 5.74) is 11.4. The molecule has 0 saturated heterocycles. The lowest BCUT2D eigenvalue weighted by Gasteiger charge is -2.05. The lowest BCUT2D eigenvalue weighted by Crippen LogP contribution is -2.20. The summed E-state index contributed by atoms with van der Waals surface area (Å²) in [5, 5.41) is 2.38. The molecule has 0 spiro atoms.